The Kier molecular flexibility index (Phi) is 3.46. The molecule has 1 unspecified atom stereocenters. The molecule has 4 heteroatoms. The normalized spacial score (nSPS) is 33.8. The standard InChI is InChI=1S/C13H23NO3/c1-12(2)3-6-14(7-4-12)9-13(11(15)16)5-8-17-10-13/h3-10H2,1-2H3,(H,15,16). The molecule has 0 aliphatic carbocycles. The number of nitrogens with zero attached hydrogens (tertiary/aromatic N) is 1. The van der Waals surface area contributed by atoms with E-state index in [-0.39, 0.29) is 0 Å². The minimum Gasteiger partial charge on any atom is -0.481 e. The zero-order valence-electron chi connectivity index (χ0n) is 10.9. The maximum atomic E-state index is 11.4. The molecule has 2 saturated heterocycles. The molecule has 0 aromatic carbocycles. The number of ether oxygens (including phenoxy) is 1. The molecule has 17 heavy (non-hydrogen) atoms. The van der Waals surface area contributed by atoms with Gasteiger partial charge in [-0.05, 0) is 37.8 Å². The van der Waals surface area contributed by atoms with Gasteiger partial charge < -0.3 is 14.7 Å². The van der Waals surface area contributed by atoms with Gasteiger partial charge in [0.15, 0.2) is 0 Å². The van der Waals surface area contributed by atoms with Gasteiger partial charge in [0.2, 0.25) is 0 Å². The fourth-order valence-electron chi connectivity index (χ4n) is 2.71. The summed E-state index contributed by atoms with van der Waals surface area (Å²) in [6, 6.07) is 0. The van der Waals surface area contributed by atoms with Gasteiger partial charge in [-0.1, -0.05) is 13.8 Å². The molecule has 2 aliphatic rings. The van der Waals surface area contributed by atoms with Gasteiger partial charge in [0.25, 0.3) is 0 Å². The lowest BCUT2D eigenvalue weighted by molar-refractivity contribution is -0.150. The molecule has 2 rings (SSSR count). The molecule has 2 heterocycles. The predicted octanol–water partition coefficient (Wildman–Crippen LogP) is 1.60. The average molecular weight is 241 g/mol. The molecule has 0 spiro atoms. The first kappa shape index (κ1) is 12.8. The second-order valence-corrected chi connectivity index (χ2v) is 6.33. The fraction of sp³-hybridized carbons (Fsp3) is 0.923. The van der Waals surface area contributed by atoms with Gasteiger partial charge in [0.05, 0.1) is 6.61 Å². The smallest absolute Gasteiger partial charge is 0.313 e. The van der Waals surface area contributed by atoms with Crippen LogP contribution in [0.5, 0.6) is 0 Å². The lowest BCUT2D eigenvalue weighted by Gasteiger charge is -2.39. The summed E-state index contributed by atoms with van der Waals surface area (Å²) >= 11 is 0. The van der Waals surface area contributed by atoms with Crippen LogP contribution in [0.2, 0.25) is 0 Å². The lowest BCUT2D eigenvalue weighted by Crippen LogP contribution is -2.47. The van der Waals surface area contributed by atoms with E-state index in [0.717, 1.165) is 25.9 Å². The highest BCUT2D eigenvalue weighted by molar-refractivity contribution is 5.75. The Balaban J connectivity index is 1.94. The van der Waals surface area contributed by atoms with Crippen LogP contribution in [0.15, 0.2) is 0 Å². The van der Waals surface area contributed by atoms with Crippen LogP contribution in [0.3, 0.4) is 0 Å². The number of piperidine rings is 1. The van der Waals surface area contributed by atoms with Crippen LogP contribution >= 0.6 is 0 Å². The first-order chi connectivity index (χ1) is 7.94. The highest BCUT2D eigenvalue weighted by atomic mass is 16.5. The predicted molar refractivity (Wildman–Crippen MR) is 65.0 cm³/mol. The van der Waals surface area contributed by atoms with E-state index < -0.39 is 11.4 Å². The Bertz CT molecular complexity index is 285. The van der Waals surface area contributed by atoms with Gasteiger partial charge >= 0.3 is 5.97 Å². The molecule has 0 saturated carbocycles. The molecule has 0 bridgehead atoms. The van der Waals surface area contributed by atoms with Crippen molar-refractivity contribution in [2.75, 3.05) is 32.8 Å². The maximum Gasteiger partial charge on any atom is 0.313 e. The van der Waals surface area contributed by atoms with Crippen molar-refractivity contribution >= 4 is 5.97 Å². The number of hydrogen-bond acceptors (Lipinski definition) is 3. The molecule has 0 aromatic heterocycles. The van der Waals surface area contributed by atoms with E-state index in [4.69, 9.17) is 4.74 Å². The molecule has 1 N–H and O–H groups in total. The Morgan fingerprint density at radius 1 is 1.29 bits per heavy atom. The summed E-state index contributed by atoms with van der Waals surface area (Å²) < 4.78 is 5.30. The van der Waals surface area contributed by atoms with Crippen molar-refractivity contribution in [2.24, 2.45) is 10.8 Å². The van der Waals surface area contributed by atoms with Gasteiger partial charge in [-0.25, -0.2) is 0 Å². The minimum atomic E-state index is -0.695. The number of hydrogen-bond donors (Lipinski definition) is 1. The SMILES string of the molecule is CC1(C)CCN(CC2(C(=O)O)CCOC2)CC1. The quantitative estimate of drug-likeness (QED) is 0.815. The Morgan fingerprint density at radius 2 is 1.94 bits per heavy atom. The number of carboxylic acids is 1. The van der Waals surface area contributed by atoms with E-state index in [9.17, 15) is 9.90 Å². The lowest BCUT2D eigenvalue weighted by atomic mass is 9.80. The second kappa shape index (κ2) is 4.58. The van der Waals surface area contributed by atoms with E-state index in [0.29, 0.717) is 31.6 Å². The topological polar surface area (TPSA) is 49.8 Å². The van der Waals surface area contributed by atoms with Gasteiger partial charge in [-0.2, -0.15) is 0 Å². The van der Waals surface area contributed by atoms with Crippen LogP contribution < -0.4 is 0 Å². The monoisotopic (exact) mass is 241 g/mol. The number of likely N-dealkylation sites (tertiary alicyclic amines) is 1. The van der Waals surface area contributed by atoms with Gasteiger partial charge in [-0.15, -0.1) is 0 Å². The Morgan fingerprint density at radius 3 is 2.41 bits per heavy atom. The van der Waals surface area contributed by atoms with Crippen LogP contribution in [0.1, 0.15) is 33.1 Å². The third-order valence-electron chi connectivity index (χ3n) is 4.29. The van der Waals surface area contributed by atoms with Crippen molar-refractivity contribution < 1.29 is 14.6 Å². The molecule has 2 fully saturated rings. The number of rotatable bonds is 3. The molecule has 4 nitrogen and oxygen atoms in total. The molecular formula is C13H23NO3. The number of carbonyl (C=O) groups is 1. The maximum absolute atomic E-state index is 11.4. The van der Waals surface area contributed by atoms with E-state index in [1.165, 1.54) is 0 Å². The summed E-state index contributed by atoms with van der Waals surface area (Å²) in [5.74, 6) is -0.695. The summed E-state index contributed by atoms with van der Waals surface area (Å²) in [5, 5.41) is 9.39. The molecule has 2 aliphatic heterocycles. The molecule has 98 valence electrons. The molecule has 0 amide bonds. The molecule has 1 atom stereocenters. The minimum absolute atomic E-state index is 0.377. The molecular weight excluding hydrogens is 218 g/mol. The van der Waals surface area contributed by atoms with E-state index in [2.05, 4.69) is 18.7 Å². The molecule has 0 radical (unpaired) electrons. The Labute approximate surface area is 103 Å². The molecule has 0 aromatic rings. The highest BCUT2D eigenvalue weighted by Crippen LogP contribution is 2.34. The summed E-state index contributed by atoms with van der Waals surface area (Å²) in [4.78, 5) is 13.7. The van der Waals surface area contributed by atoms with E-state index in [1.807, 2.05) is 0 Å². The first-order valence-electron chi connectivity index (χ1n) is 6.47. The van der Waals surface area contributed by atoms with Gasteiger partial charge in [0, 0.05) is 13.2 Å². The summed E-state index contributed by atoms with van der Waals surface area (Å²) in [5.41, 5.74) is -0.236. The third-order valence-corrected chi connectivity index (χ3v) is 4.29. The number of carboxylic acid groups (broad SMARTS) is 1. The average Bonchev–Trinajstić information content (AvgIpc) is 2.71. The first-order valence-corrected chi connectivity index (χ1v) is 6.47. The third kappa shape index (κ3) is 2.80. The largest absolute Gasteiger partial charge is 0.481 e. The van der Waals surface area contributed by atoms with Gasteiger partial charge in [-0.3, -0.25) is 4.79 Å². The van der Waals surface area contributed by atoms with E-state index >= 15 is 0 Å². The van der Waals surface area contributed by atoms with Crippen molar-refractivity contribution in [1.82, 2.24) is 4.90 Å². The van der Waals surface area contributed by atoms with Crippen LogP contribution in [-0.2, 0) is 9.53 Å². The van der Waals surface area contributed by atoms with E-state index in [1.54, 1.807) is 0 Å². The summed E-state index contributed by atoms with van der Waals surface area (Å²) in [6.07, 6.45) is 2.97. The van der Waals surface area contributed by atoms with Gasteiger partial charge in [0.1, 0.15) is 5.41 Å². The van der Waals surface area contributed by atoms with Crippen molar-refractivity contribution in [3.63, 3.8) is 0 Å². The van der Waals surface area contributed by atoms with Crippen LogP contribution in [0, 0.1) is 10.8 Å². The number of aliphatic carboxylic acids is 1. The highest BCUT2D eigenvalue weighted by Gasteiger charge is 2.44. The zero-order valence-corrected chi connectivity index (χ0v) is 10.9. The zero-order chi connectivity index (χ0) is 12.5. The second-order valence-electron chi connectivity index (χ2n) is 6.33. The summed E-state index contributed by atoms with van der Waals surface area (Å²) in [6.45, 7) is 8.22. The summed E-state index contributed by atoms with van der Waals surface area (Å²) in [7, 11) is 0. The van der Waals surface area contributed by atoms with Crippen molar-refractivity contribution in [1.29, 1.82) is 0 Å². The van der Waals surface area contributed by atoms with Crippen molar-refractivity contribution in [2.45, 2.75) is 33.1 Å². The van der Waals surface area contributed by atoms with Crippen molar-refractivity contribution in [3.8, 4) is 0 Å². The van der Waals surface area contributed by atoms with Crippen LogP contribution in [-0.4, -0.2) is 48.8 Å². The van der Waals surface area contributed by atoms with Crippen molar-refractivity contribution in [3.05, 3.63) is 0 Å². The Hall–Kier alpha value is -0.610. The fourth-order valence-corrected chi connectivity index (χ4v) is 2.71. The van der Waals surface area contributed by atoms with Crippen LogP contribution in [0.4, 0.5) is 0 Å². The van der Waals surface area contributed by atoms with Crippen LogP contribution in [0.25, 0.3) is 0 Å².